The third-order valence-corrected chi connectivity index (χ3v) is 4.52. The Labute approximate surface area is 204 Å². The van der Waals surface area contributed by atoms with Crippen LogP contribution in [0.4, 0.5) is 18.9 Å². The van der Waals surface area contributed by atoms with Gasteiger partial charge in [0.15, 0.2) is 5.75 Å². The molecule has 0 aliphatic rings. The molecule has 0 bridgehead atoms. The molecule has 0 aromatic heterocycles. The molecule has 2 aromatic rings. The minimum atomic E-state index is -4.58. The Balaban J connectivity index is 0.00000420. The van der Waals surface area contributed by atoms with Crippen LogP contribution in [0.2, 0.25) is 10.0 Å². The molecule has 12 heteroatoms. The van der Waals surface area contributed by atoms with Crippen LogP contribution in [0.3, 0.4) is 0 Å². The van der Waals surface area contributed by atoms with Crippen LogP contribution >= 0.6 is 39.1 Å². The molecule has 5 nitrogen and oxygen atoms in total. The summed E-state index contributed by atoms with van der Waals surface area (Å²) in [5, 5.41) is 12.7. The number of nitrogens with one attached hydrogen (secondary N) is 1. The number of anilines is 1. The summed E-state index contributed by atoms with van der Waals surface area (Å²) in [5.74, 6) is -1.16. The van der Waals surface area contributed by atoms with Crippen LogP contribution in [0.25, 0.3) is 0 Å². The molecule has 0 saturated carbocycles. The van der Waals surface area contributed by atoms with E-state index in [0.29, 0.717) is 10.2 Å². The number of carbonyl (C=O) groups is 1. The van der Waals surface area contributed by atoms with Gasteiger partial charge < -0.3 is 24.7 Å². The number of hydrogen-bond donors (Lipinski definition) is 1. The molecule has 0 amide bonds. The topological polar surface area (TPSA) is 70.6 Å². The number of benzene rings is 2. The van der Waals surface area contributed by atoms with Crippen LogP contribution in [0.5, 0.6) is 11.5 Å². The molecule has 0 heterocycles. The van der Waals surface area contributed by atoms with Gasteiger partial charge in [-0.2, -0.15) is 13.2 Å². The summed E-state index contributed by atoms with van der Waals surface area (Å²) in [6.45, 7) is -0.115. The van der Waals surface area contributed by atoms with E-state index < -0.39 is 24.3 Å². The Morgan fingerprint density at radius 1 is 1.17 bits per heavy atom. The molecule has 0 unspecified atom stereocenters. The molecule has 1 N–H and O–H groups in total. The number of halogens is 6. The van der Waals surface area contributed by atoms with Gasteiger partial charge in [-0.05, 0) is 40.2 Å². The third-order valence-electron chi connectivity index (χ3n) is 3.27. The van der Waals surface area contributed by atoms with Gasteiger partial charge in [0.1, 0.15) is 5.75 Å². The Bertz CT molecular complexity index is 848. The number of rotatable bonds is 8. The first-order chi connectivity index (χ1) is 13.1. The maximum Gasteiger partial charge on any atom is 1.00 e. The van der Waals surface area contributed by atoms with Crippen LogP contribution in [-0.4, -0.2) is 25.7 Å². The second kappa shape index (κ2) is 11.6. The van der Waals surface area contributed by atoms with E-state index in [-0.39, 0.29) is 64.3 Å². The Morgan fingerprint density at radius 3 is 2.34 bits per heavy atom. The molecule has 29 heavy (non-hydrogen) atoms. The molecule has 0 aliphatic carbocycles. The number of carboxylic acids is 1. The summed E-state index contributed by atoms with van der Waals surface area (Å²) in [6.07, 6.45) is -4.58. The summed E-state index contributed by atoms with van der Waals surface area (Å²) in [5.41, 5.74) is -0.404. The summed E-state index contributed by atoms with van der Waals surface area (Å²) in [6, 6.07) is 6.23. The standard InChI is InChI=1S/C17H13BrCl2F3NO4.Na/c18-11-2-1-10(7-14(11)24-3-4-27-8-15(25)26)28-16-12(19)5-9(6-13(16)20)17(21,22)23;/h1-2,5-7,24H,3-4,8H2,(H,25,26);/q;+1/p-1. The second-order valence-corrected chi connectivity index (χ2v) is 7.03. The van der Waals surface area contributed by atoms with E-state index >= 15 is 0 Å². The Kier molecular flexibility index (Phi) is 10.6. The summed E-state index contributed by atoms with van der Waals surface area (Å²) < 4.78 is 49.5. The average Bonchev–Trinajstić information content (AvgIpc) is 2.58. The maximum atomic E-state index is 12.8. The summed E-state index contributed by atoms with van der Waals surface area (Å²) >= 11 is 15.1. The van der Waals surface area contributed by atoms with E-state index in [1.165, 1.54) is 0 Å². The maximum absolute atomic E-state index is 12.8. The van der Waals surface area contributed by atoms with Crippen molar-refractivity contribution < 1.29 is 62.1 Å². The van der Waals surface area contributed by atoms with Crippen molar-refractivity contribution in [2.24, 2.45) is 0 Å². The van der Waals surface area contributed by atoms with Crippen molar-refractivity contribution in [3.8, 4) is 11.5 Å². The number of carboxylic acid groups (broad SMARTS) is 1. The first-order valence-electron chi connectivity index (χ1n) is 7.63. The smallest absolute Gasteiger partial charge is 0.548 e. The van der Waals surface area contributed by atoms with Gasteiger partial charge in [0, 0.05) is 17.1 Å². The fourth-order valence-corrected chi connectivity index (χ4v) is 3.01. The Morgan fingerprint density at radius 2 is 1.79 bits per heavy atom. The van der Waals surface area contributed by atoms with Crippen molar-refractivity contribution in [2.45, 2.75) is 6.18 Å². The van der Waals surface area contributed by atoms with Crippen LogP contribution in [0.15, 0.2) is 34.8 Å². The molecule has 152 valence electrons. The van der Waals surface area contributed by atoms with Crippen LogP contribution in [0.1, 0.15) is 5.56 Å². The SMILES string of the molecule is O=C([O-])COCCNc1cc(Oc2c(Cl)cc(C(F)(F)F)cc2Cl)ccc1Br.[Na+]. The molecule has 2 rings (SSSR count). The van der Waals surface area contributed by atoms with Crippen molar-refractivity contribution in [3.63, 3.8) is 0 Å². The van der Waals surface area contributed by atoms with Crippen molar-refractivity contribution in [2.75, 3.05) is 25.1 Å². The van der Waals surface area contributed by atoms with Crippen LogP contribution in [-0.2, 0) is 15.7 Å². The third kappa shape index (κ3) is 8.16. The van der Waals surface area contributed by atoms with Gasteiger partial charge in [-0.1, -0.05) is 23.2 Å². The van der Waals surface area contributed by atoms with Gasteiger partial charge in [0.25, 0.3) is 0 Å². The van der Waals surface area contributed by atoms with E-state index in [4.69, 9.17) is 32.7 Å². The normalized spacial score (nSPS) is 11.0. The van der Waals surface area contributed by atoms with Crippen LogP contribution in [0, 0.1) is 0 Å². The number of carbonyl (C=O) groups excluding carboxylic acids is 1. The fraction of sp³-hybridized carbons (Fsp3) is 0.235. The van der Waals surface area contributed by atoms with Crippen molar-refractivity contribution >= 4 is 50.8 Å². The van der Waals surface area contributed by atoms with E-state index in [1.54, 1.807) is 18.2 Å². The van der Waals surface area contributed by atoms with Gasteiger partial charge in [0.2, 0.25) is 0 Å². The molecule has 0 spiro atoms. The number of hydrogen-bond acceptors (Lipinski definition) is 5. The number of ether oxygens (including phenoxy) is 2. The van der Waals surface area contributed by atoms with E-state index in [1.807, 2.05) is 0 Å². The van der Waals surface area contributed by atoms with E-state index in [2.05, 4.69) is 21.2 Å². The number of aliphatic carboxylic acids is 1. The zero-order valence-electron chi connectivity index (χ0n) is 14.9. The van der Waals surface area contributed by atoms with E-state index in [9.17, 15) is 23.1 Å². The Hall–Kier alpha value is -0.680. The van der Waals surface area contributed by atoms with Gasteiger partial charge in [-0.25, -0.2) is 0 Å². The van der Waals surface area contributed by atoms with Crippen molar-refractivity contribution in [1.29, 1.82) is 0 Å². The van der Waals surface area contributed by atoms with Crippen LogP contribution < -0.4 is 44.7 Å². The van der Waals surface area contributed by atoms with Crippen molar-refractivity contribution in [1.82, 2.24) is 0 Å². The molecular formula is C17H12BrCl2F3NNaO4. The zero-order chi connectivity index (χ0) is 20.9. The van der Waals surface area contributed by atoms with Gasteiger partial charge in [-0.15, -0.1) is 0 Å². The minimum absolute atomic E-state index is 0. The minimum Gasteiger partial charge on any atom is -0.548 e. The van der Waals surface area contributed by atoms with Gasteiger partial charge in [-0.3, -0.25) is 0 Å². The molecule has 0 aliphatic heterocycles. The van der Waals surface area contributed by atoms with Crippen molar-refractivity contribution in [3.05, 3.63) is 50.4 Å². The predicted molar refractivity (Wildman–Crippen MR) is 100.0 cm³/mol. The first-order valence-corrected chi connectivity index (χ1v) is 9.18. The molecular weight excluding hydrogens is 513 g/mol. The molecule has 0 radical (unpaired) electrons. The van der Waals surface area contributed by atoms with Gasteiger partial charge >= 0.3 is 35.7 Å². The molecule has 0 fully saturated rings. The quantitative estimate of drug-likeness (QED) is 0.421. The molecule has 2 aromatic carbocycles. The largest absolute Gasteiger partial charge is 1.00 e. The molecule has 0 atom stereocenters. The predicted octanol–water partition coefficient (Wildman–Crippen LogP) is 1.75. The second-order valence-electron chi connectivity index (χ2n) is 5.36. The van der Waals surface area contributed by atoms with E-state index in [0.717, 1.165) is 12.1 Å². The average molecular weight is 525 g/mol. The summed E-state index contributed by atoms with van der Waals surface area (Å²) in [4.78, 5) is 10.3. The first kappa shape index (κ1) is 26.4. The molecule has 0 saturated heterocycles. The number of alkyl halides is 3. The van der Waals surface area contributed by atoms with Gasteiger partial charge in [0.05, 0.1) is 40.5 Å². The fourth-order valence-electron chi connectivity index (χ4n) is 2.06. The summed E-state index contributed by atoms with van der Waals surface area (Å²) in [7, 11) is 0. The monoisotopic (exact) mass is 523 g/mol. The zero-order valence-corrected chi connectivity index (χ0v) is 20.0.